The van der Waals surface area contributed by atoms with E-state index in [9.17, 15) is 0 Å². The fourth-order valence-electron chi connectivity index (χ4n) is 2.32. The molecule has 0 spiro atoms. The molecular formula is C15H22BrNO. The highest BCUT2D eigenvalue weighted by Crippen LogP contribution is 2.34. The smallest absolute Gasteiger partial charge is 0.120 e. The first-order valence-corrected chi connectivity index (χ1v) is 7.70. The Morgan fingerprint density at radius 3 is 2.94 bits per heavy atom. The summed E-state index contributed by atoms with van der Waals surface area (Å²) in [6, 6.07) is 8.75. The molecule has 100 valence electrons. The van der Waals surface area contributed by atoms with Gasteiger partial charge < -0.3 is 10.1 Å². The third-order valence-electron chi connectivity index (χ3n) is 3.38. The molecule has 2 nitrogen and oxygen atoms in total. The van der Waals surface area contributed by atoms with Crippen LogP contribution in [0.2, 0.25) is 0 Å². The van der Waals surface area contributed by atoms with E-state index < -0.39 is 0 Å². The zero-order valence-electron chi connectivity index (χ0n) is 11.0. The Hall–Kier alpha value is -0.540. The van der Waals surface area contributed by atoms with E-state index in [0.717, 1.165) is 35.7 Å². The van der Waals surface area contributed by atoms with Crippen LogP contribution in [0.15, 0.2) is 28.7 Å². The van der Waals surface area contributed by atoms with Gasteiger partial charge in [-0.15, -0.1) is 0 Å². The lowest BCUT2D eigenvalue weighted by atomic mass is 10.1. The van der Waals surface area contributed by atoms with E-state index in [4.69, 9.17) is 4.74 Å². The van der Waals surface area contributed by atoms with Crippen LogP contribution in [0.1, 0.15) is 32.6 Å². The Morgan fingerprint density at radius 1 is 1.44 bits per heavy atom. The van der Waals surface area contributed by atoms with Crippen molar-refractivity contribution in [1.29, 1.82) is 0 Å². The molecule has 1 aliphatic carbocycles. The maximum absolute atomic E-state index is 5.76. The van der Waals surface area contributed by atoms with Crippen LogP contribution in [0.25, 0.3) is 0 Å². The van der Waals surface area contributed by atoms with Crippen molar-refractivity contribution >= 4 is 15.9 Å². The highest BCUT2D eigenvalue weighted by atomic mass is 79.9. The molecule has 1 aromatic rings. The second-order valence-electron chi connectivity index (χ2n) is 4.95. The second-order valence-corrected chi connectivity index (χ2v) is 5.87. The van der Waals surface area contributed by atoms with Gasteiger partial charge in [-0.05, 0) is 56.3 Å². The van der Waals surface area contributed by atoms with Gasteiger partial charge in [0.15, 0.2) is 0 Å². The Bertz CT molecular complexity index is 365. The minimum atomic E-state index is 0.709. The molecule has 0 saturated heterocycles. The first-order valence-electron chi connectivity index (χ1n) is 6.91. The standard InChI is InChI=1S/C15H22BrNO/c1-2-17-15(12-8-9-12)7-4-10-18-14-6-3-5-13(16)11-14/h3,5-6,11-12,15,17H,2,4,7-10H2,1H3. The highest BCUT2D eigenvalue weighted by molar-refractivity contribution is 9.10. The lowest BCUT2D eigenvalue weighted by Crippen LogP contribution is -2.31. The Labute approximate surface area is 118 Å². The Balaban J connectivity index is 1.65. The maximum atomic E-state index is 5.76. The molecule has 0 heterocycles. The molecule has 1 saturated carbocycles. The lowest BCUT2D eigenvalue weighted by molar-refractivity contribution is 0.291. The Morgan fingerprint density at radius 2 is 2.28 bits per heavy atom. The summed E-state index contributed by atoms with van der Waals surface area (Å²) < 4.78 is 6.83. The van der Waals surface area contributed by atoms with Crippen molar-refractivity contribution in [2.45, 2.75) is 38.6 Å². The van der Waals surface area contributed by atoms with Gasteiger partial charge >= 0.3 is 0 Å². The molecule has 0 aromatic heterocycles. The molecule has 3 heteroatoms. The molecule has 1 aliphatic rings. The molecule has 2 rings (SSSR count). The summed E-state index contributed by atoms with van der Waals surface area (Å²) in [5, 5.41) is 3.59. The predicted octanol–water partition coefficient (Wildman–Crippen LogP) is 4.00. The van der Waals surface area contributed by atoms with E-state index >= 15 is 0 Å². The second kappa shape index (κ2) is 7.15. The van der Waals surface area contributed by atoms with Gasteiger partial charge in [-0.1, -0.05) is 28.9 Å². The van der Waals surface area contributed by atoms with Crippen LogP contribution in [0.4, 0.5) is 0 Å². The number of benzene rings is 1. The molecule has 0 amide bonds. The number of ether oxygens (including phenoxy) is 1. The molecule has 1 atom stereocenters. The highest BCUT2D eigenvalue weighted by Gasteiger charge is 2.29. The molecule has 1 N–H and O–H groups in total. The number of nitrogens with one attached hydrogen (secondary N) is 1. The summed E-state index contributed by atoms with van der Waals surface area (Å²) in [6.45, 7) is 4.08. The topological polar surface area (TPSA) is 21.3 Å². The van der Waals surface area contributed by atoms with Gasteiger partial charge in [0.2, 0.25) is 0 Å². The van der Waals surface area contributed by atoms with Crippen molar-refractivity contribution in [3.63, 3.8) is 0 Å². The first kappa shape index (κ1) is 13.9. The molecule has 0 aliphatic heterocycles. The average Bonchev–Trinajstić information content (AvgIpc) is 3.17. The largest absolute Gasteiger partial charge is 0.494 e. The zero-order valence-corrected chi connectivity index (χ0v) is 12.6. The number of halogens is 1. The summed E-state index contributed by atoms with van der Waals surface area (Å²) >= 11 is 3.45. The van der Waals surface area contributed by atoms with Gasteiger partial charge in [-0.2, -0.15) is 0 Å². The summed E-state index contributed by atoms with van der Waals surface area (Å²) in [5.74, 6) is 1.88. The lowest BCUT2D eigenvalue weighted by Gasteiger charge is -2.17. The van der Waals surface area contributed by atoms with Crippen LogP contribution in [0.5, 0.6) is 5.75 Å². The van der Waals surface area contributed by atoms with Gasteiger partial charge in [-0.25, -0.2) is 0 Å². The molecule has 0 bridgehead atoms. The quantitative estimate of drug-likeness (QED) is 0.733. The zero-order chi connectivity index (χ0) is 12.8. The molecular weight excluding hydrogens is 290 g/mol. The van der Waals surface area contributed by atoms with Crippen molar-refractivity contribution in [3.8, 4) is 5.75 Å². The van der Waals surface area contributed by atoms with Crippen molar-refractivity contribution in [2.24, 2.45) is 5.92 Å². The molecule has 1 unspecified atom stereocenters. The summed E-state index contributed by atoms with van der Waals surface area (Å²) in [4.78, 5) is 0. The van der Waals surface area contributed by atoms with Crippen LogP contribution in [0.3, 0.4) is 0 Å². The molecule has 1 fully saturated rings. The molecule has 18 heavy (non-hydrogen) atoms. The average molecular weight is 312 g/mol. The predicted molar refractivity (Wildman–Crippen MR) is 79.1 cm³/mol. The van der Waals surface area contributed by atoms with E-state index in [0.29, 0.717) is 6.04 Å². The van der Waals surface area contributed by atoms with Gasteiger partial charge in [0.1, 0.15) is 5.75 Å². The van der Waals surface area contributed by atoms with Crippen LogP contribution >= 0.6 is 15.9 Å². The first-order chi connectivity index (χ1) is 8.79. The van der Waals surface area contributed by atoms with Gasteiger partial charge in [0, 0.05) is 10.5 Å². The normalized spacial score (nSPS) is 16.6. The van der Waals surface area contributed by atoms with Crippen molar-refractivity contribution in [2.75, 3.05) is 13.2 Å². The van der Waals surface area contributed by atoms with E-state index in [-0.39, 0.29) is 0 Å². The summed E-state index contributed by atoms with van der Waals surface area (Å²) in [6.07, 6.45) is 5.17. The third kappa shape index (κ3) is 4.62. The minimum Gasteiger partial charge on any atom is -0.494 e. The minimum absolute atomic E-state index is 0.709. The monoisotopic (exact) mass is 311 g/mol. The summed E-state index contributed by atoms with van der Waals surface area (Å²) in [5.41, 5.74) is 0. The van der Waals surface area contributed by atoms with Crippen LogP contribution < -0.4 is 10.1 Å². The molecule has 1 aromatic carbocycles. The fraction of sp³-hybridized carbons (Fsp3) is 0.600. The molecule has 0 radical (unpaired) electrons. The van der Waals surface area contributed by atoms with Crippen LogP contribution in [0, 0.1) is 5.92 Å². The van der Waals surface area contributed by atoms with Gasteiger partial charge in [0.25, 0.3) is 0 Å². The van der Waals surface area contributed by atoms with E-state index in [1.54, 1.807) is 0 Å². The SMILES string of the molecule is CCNC(CCCOc1cccc(Br)c1)C1CC1. The van der Waals surface area contributed by atoms with E-state index in [1.165, 1.54) is 19.3 Å². The van der Waals surface area contributed by atoms with Crippen LogP contribution in [-0.2, 0) is 0 Å². The number of hydrogen-bond acceptors (Lipinski definition) is 2. The summed E-state index contributed by atoms with van der Waals surface area (Å²) in [7, 11) is 0. The van der Waals surface area contributed by atoms with E-state index in [1.807, 2.05) is 24.3 Å². The Kier molecular flexibility index (Phi) is 5.51. The van der Waals surface area contributed by atoms with Gasteiger partial charge in [-0.3, -0.25) is 0 Å². The van der Waals surface area contributed by atoms with Crippen LogP contribution in [-0.4, -0.2) is 19.2 Å². The van der Waals surface area contributed by atoms with Crippen molar-refractivity contribution < 1.29 is 4.74 Å². The fourth-order valence-corrected chi connectivity index (χ4v) is 2.69. The maximum Gasteiger partial charge on any atom is 0.120 e. The third-order valence-corrected chi connectivity index (χ3v) is 3.87. The van der Waals surface area contributed by atoms with Crippen molar-refractivity contribution in [1.82, 2.24) is 5.32 Å². The number of hydrogen-bond donors (Lipinski definition) is 1. The van der Waals surface area contributed by atoms with Crippen molar-refractivity contribution in [3.05, 3.63) is 28.7 Å². The van der Waals surface area contributed by atoms with E-state index in [2.05, 4.69) is 28.2 Å². The van der Waals surface area contributed by atoms with Gasteiger partial charge in [0.05, 0.1) is 6.61 Å². The number of rotatable bonds is 8.